The molecule has 0 aliphatic heterocycles. The number of nitrogens with one attached hydrogen (secondary N) is 1. The summed E-state index contributed by atoms with van der Waals surface area (Å²) in [6.45, 7) is 0.0689. The van der Waals surface area contributed by atoms with Gasteiger partial charge in [0.25, 0.3) is 23.1 Å². The number of rotatable bonds is 12. The predicted octanol–water partition coefficient (Wildman–Crippen LogP) is 7.89. The Balaban J connectivity index is 1.48. The van der Waals surface area contributed by atoms with Crippen molar-refractivity contribution in [2.45, 2.75) is 25.4 Å². The second kappa shape index (κ2) is 16.0. The van der Waals surface area contributed by atoms with Gasteiger partial charge in [-0.05, 0) is 47.0 Å². The highest BCUT2D eigenvalue weighted by molar-refractivity contribution is 7.81. The van der Waals surface area contributed by atoms with E-state index < -0.39 is 29.1 Å². The van der Waals surface area contributed by atoms with Crippen molar-refractivity contribution >= 4 is 92.9 Å². The molecule has 1 aromatic heterocycles. The molecule has 5 rings (SSSR count). The van der Waals surface area contributed by atoms with Crippen molar-refractivity contribution in [2.75, 3.05) is 4.31 Å². The van der Waals surface area contributed by atoms with Crippen LogP contribution >= 0.6 is 58.3 Å². The molecule has 15 heteroatoms. The van der Waals surface area contributed by atoms with Crippen molar-refractivity contribution in [2.24, 2.45) is 0 Å². The van der Waals surface area contributed by atoms with E-state index >= 15 is 0 Å². The molecule has 5 aromatic rings. The Morgan fingerprint density at radius 1 is 0.851 bits per heavy atom. The lowest BCUT2D eigenvalue weighted by molar-refractivity contribution is -0.129. The molecule has 2 unspecified atom stereocenters. The van der Waals surface area contributed by atoms with Crippen LogP contribution in [-0.2, 0) is 35.4 Å². The predicted molar refractivity (Wildman–Crippen MR) is 188 cm³/mol. The first-order valence-corrected chi connectivity index (χ1v) is 17.2. The fraction of sp³-hybridized carbons (Fsp3) is 0.125. The monoisotopic (exact) mass is 747 g/mol. The largest absolute Gasteiger partial charge is 0.340 e. The minimum Gasteiger partial charge on any atom is -0.340 e. The zero-order valence-electron chi connectivity index (χ0n) is 24.2. The van der Waals surface area contributed by atoms with E-state index in [4.69, 9.17) is 46.6 Å². The first kappa shape index (κ1) is 34.8. The van der Waals surface area contributed by atoms with Gasteiger partial charge >= 0.3 is 0 Å². The molecule has 0 saturated heterocycles. The number of anilines is 2. The molecule has 1 heterocycles. The van der Waals surface area contributed by atoms with E-state index in [-0.39, 0.29) is 40.1 Å². The van der Waals surface area contributed by atoms with Crippen LogP contribution in [0.3, 0.4) is 0 Å². The Bertz CT molecular complexity index is 1900. The average molecular weight is 750 g/mol. The summed E-state index contributed by atoms with van der Waals surface area (Å²) >= 11 is 23.3. The smallest absolute Gasteiger partial charge is 0.268 e. The summed E-state index contributed by atoms with van der Waals surface area (Å²) in [5.74, 6) is -1.25. The molecule has 0 bridgehead atoms. The van der Waals surface area contributed by atoms with Crippen LogP contribution in [0.25, 0.3) is 0 Å². The van der Waals surface area contributed by atoms with E-state index in [1.54, 1.807) is 18.2 Å². The molecule has 0 saturated carbocycles. The molecule has 47 heavy (non-hydrogen) atoms. The normalized spacial score (nSPS) is 12.3. The standard InChI is InChI=1S/C32H25Cl4N5O4S2/c33-23-12-13-24(29(18-23)41(47(44)45)30-27(38-46-39-30)16-20-7-3-1-4-8-20)31(42)37-28(17-22-11-14-25(34)26(35)15-22)32(43)40(36)19-21-9-5-2-6-10-21/h1-15,18,28H,16-17,19H2,(H,37,42)(H,44,45). The van der Waals surface area contributed by atoms with Crippen LogP contribution in [0.15, 0.2) is 97.1 Å². The van der Waals surface area contributed by atoms with Gasteiger partial charge in [0.1, 0.15) is 11.7 Å². The van der Waals surface area contributed by atoms with Crippen molar-refractivity contribution in [3.05, 3.63) is 140 Å². The average Bonchev–Trinajstić information content (AvgIpc) is 3.50. The van der Waals surface area contributed by atoms with E-state index in [1.807, 2.05) is 60.7 Å². The molecule has 0 aliphatic rings. The van der Waals surface area contributed by atoms with Crippen LogP contribution in [0.5, 0.6) is 0 Å². The minimum atomic E-state index is -2.70. The Morgan fingerprint density at radius 2 is 1.53 bits per heavy atom. The van der Waals surface area contributed by atoms with Crippen LogP contribution in [0.4, 0.5) is 11.5 Å². The first-order chi connectivity index (χ1) is 22.6. The third kappa shape index (κ3) is 8.88. The second-order valence-corrected chi connectivity index (χ2v) is 13.2. The van der Waals surface area contributed by atoms with E-state index in [0.717, 1.165) is 31.6 Å². The van der Waals surface area contributed by atoms with Gasteiger partial charge in [-0.1, -0.05) is 102 Å². The van der Waals surface area contributed by atoms with Gasteiger partial charge in [0, 0.05) is 29.6 Å². The summed E-state index contributed by atoms with van der Waals surface area (Å²) in [5.41, 5.74) is 2.63. The molecule has 4 aromatic carbocycles. The number of halogens is 4. The number of benzene rings is 4. The molecule has 2 atom stereocenters. The van der Waals surface area contributed by atoms with Crippen molar-refractivity contribution in [3.8, 4) is 0 Å². The van der Waals surface area contributed by atoms with E-state index in [0.29, 0.717) is 22.7 Å². The van der Waals surface area contributed by atoms with Gasteiger partial charge in [-0.2, -0.15) is 8.75 Å². The van der Waals surface area contributed by atoms with Crippen LogP contribution in [0.2, 0.25) is 15.1 Å². The summed E-state index contributed by atoms with van der Waals surface area (Å²) in [6.07, 6.45) is 0.324. The zero-order chi connectivity index (χ0) is 33.5. The number of carbonyl (C=O) groups is 2. The lowest BCUT2D eigenvalue weighted by Gasteiger charge is -2.25. The van der Waals surface area contributed by atoms with Crippen molar-refractivity contribution in [3.63, 3.8) is 0 Å². The van der Waals surface area contributed by atoms with Crippen LogP contribution < -0.4 is 9.62 Å². The summed E-state index contributed by atoms with van der Waals surface area (Å²) in [5, 5.41) is 3.56. The maximum absolute atomic E-state index is 14.0. The first-order valence-electron chi connectivity index (χ1n) is 13.9. The minimum absolute atomic E-state index is 0.00920. The van der Waals surface area contributed by atoms with Crippen molar-refractivity contribution in [1.29, 1.82) is 0 Å². The highest BCUT2D eigenvalue weighted by atomic mass is 35.5. The SMILES string of the molecule is O=C(NC(Cc1ccc(Cl)c(Cl)c1)C(=O)N(Cl)Cc1ccccc1)c1ccc(Cl)cc1N(c1nsnc1Cc1ccccc1)S(=O)O. The molecule has 242 valence electrons. The Labute approximate surface area is 297 Å². The van der Waals surface area contributed by atoms with Gasteiger partial charge in [-0.15, -0.1) is 0 Å². The fourth-order valence-electron chi connectivity index (χ4n) is 4.72. The van der Waals surface area contributed by atoms with Crippen molar-refractivity contribution < 1.29 is 18.4 Å². The van der Waals surface area contributed by atoms with Gasteiger partial charge in [0.05, 0.1) is 39.6 Å². The van der Waals surface area contributed by atoms with E-state index in [2.05, 4.69) is 14.1 Å². The number of hydrogen-bond donors (Lipinski definition) is 2. The molecule has 9 nitrogen and oxygen atoms in total. The maximum atomic E-state index is 14.0. The molecule has 0 fully saturated rings. The fourth-order valence-corrected chi connectivity index (χ4v) is 6.68. The van der Waals surface area contributed by atoms with E-state index in [9.17, 15) is 18.4 Å². The Morgan fingerprint density at radius 3 is 2.19 bits per heavy atom. The number of carbonyl (C=O) groups excluding carboxylic acids is 2. The highest BCUT2D eigenvalue weighted by Crippen LogP contribution is 2.34. The number of aromatic nitrogens is 2. The lowest BCUT2D eigenvalue weighted by atomic mass is 10.0. The third-order valence-corrected chi connectivity index (χ3v) is 9.45. The Kier molecular flexibility index (Phi) is 11.9. The lowest BCUT2D eigenvalue weighted by Crippen LogP contribution is -2.47. The second-order valence-electron chi connectivity index (χ2n) is 10.2. The van der Waals surface area contributed by atoms with Gasteiger partial charge in [-0.3, -0.25) is 14.1 Å². The summed E-state index contributed by atoms with van der Waals surface area (Å²) in [6, 6.07) is 26.4. The molecule has 0 spiro atoms. The maximum Gasteiger partial charge on any atom is 0.268 e. The number of amides is 2. The quantitative estimate of drug-likeness (QED) is 0.0991. The third-order valence-electron chi connectivity index (χ3n) is 6.95. The molecular weight excluding hydrogens is 724 g/mol. The topological polar surface area (TPSA) is 116 Å². The van der Waals surface area contributed by atoms with Crippen LogP contribution in [0.1, 0.15) is 32.7 Å². The summed E-state index contributed by atoms with van der Waals surface area (Å²) in [7, 11) is 0. The van der Waals surface area contributed by atoms with E-state index in [1.165, 1.54) is 18.2 Å². The number of hydrogen-bond acceptors (Lipinski definition) is 6. The summed E-state index contributed by atoms with van der Waals surface area (Å²) < 4.78 is 34.0. The Hall–Kier alpha value is -3.55. The van der Waals surface area contributed by atoms with Gasteiger partial charge < -0.3 is 5.32 Å². The van der Waals surface area contributed by atoms with Crippen molar-refractivity contribution in [1.82, 2.24) is 18.5 Å². The highest BCUT2D eigenvalue weighted by Gasteiger charge is 2.31. The molecule has 2 N–H and O–H groups in total. The molecule has 0 radical (unpaired) electrons. The van der Waals surface area contributed by atoms with Gasteiger partial charge in [0.2, 0.25) is 0 Å². The molecular formula is C32H25Cl4N5O4S2. The molecule has 0 aliphatic carbocycles. The van der Waals surface area contributed by atoms with Gasteiger partial charge in [-0.25, -0.2) is 12.9 Å². The summed E-state index contributed by atoms with van der Waals surface area (Å²) in [4.78, 5) is 27.7. The van der Waals surface area contributed by atoms with Gasteiger partial charge in [0.15, 0.2) is 5.82 Å². The number of nitrogens with zero attached hydrogens (tertiary/aromatic N) is 4. The van der Waals surface area contributed by atoms with Crippen LogP contribution in [-0.4, -0.2) is 39.8 Å². The zero-order valence-corrected chi connectivity index (χ0v) is 28.9. The molecule has 2 amide bonds. The van der Waals surface area contributed by atoms with Crippen LogP contribution in [0, 0.1) is 0 Å².